The first-order chi connectivity index (χ1) is 5.18. The lowest BCUT2D eigenvalue weighted by molar-refractivity contribution is 0.126. The Kier molecular flexibility index (Phi) is 10.1. The van der Waals surface area contributed by atoms with Gasteiger partial charge in [0.05, 0.1) is 19.8 Å². The highest BCUT2D eigenvalue weighted by atomic mass is 32.1. The Balaban J connectivity index is 0. The van der Waals surface area contributed by atoms with Crippen molar-refractivity contribution in [3.63, 3.8) is 0 Å². The largest absolute Gasteiger partial charge is 0.474 e. The monoisotopic (exact) mass is 216 g/mol. The fraction of sp³-hybridized carbons (Fsp3) is 1.00. The molecule has 0 aromatic heterocycles. The molecule has 0 saturated carbocycles. The van der Waals surface area contributed by atoms with Gasteiger partial charge in [0.25, 0.3) is 0 Å². The van der Waals surface area contributed by atoms with Crippen LogP contribution >= 0.6 is 21.3 Å². The molecule has 6 heteroatoms. The summed E-state index contributed by atoms with van der Waals surface area (Å²) in [5.41, 5.74) is 0. The number of phosphoric ester groups is 1. The van der Waals surface area contributed by atoms with Crippen LogP contribution in [0, 0.1) is 0 Å². The van der Waals surface area contributed by atoms with Crippen molar-refractivity contribution in [2.45, 2.75) is 20.8 Å². The van der Waals surface area contributed by atoms with Crippen molar-refractivity contribution in [3.8, 4) is 0 Å². The van der Waals surface area contributed by atoms with Crippen LogP contribution in [-0.4, -0.2) is 19.8 Å². The molecule has 76 valence electrons. The van der Waals surface area contributed by atoms with Crippen molar-refractivity contribution in [2.75, 3.05) is 19.8 Å². The Bertz CT molecular complexity index is 118. The molecule has 0 amide bonds. The lowest BCUT2D eigenvalue weighted by atomic mass is 10.9. The van der Waals surface area contributed by atoms with Crippen molar-refractivity contribution in [3.05, 3.63) is 0 Å². The lowest BCUT2D eigenvalue weighted by Gasteiger charge is -2.14. The zero-order valence-electron chi connectivity index (χ0n) is 7.70. The molecule has 0 radical (unpaired) electrons. The maximum Gasteiger partial charge on any atom is 0.474 e. The molecule has 0 aliphatic heterocycles. The highest BCUT2D eigenvalue weighted by Gasteiger charge is 2.23. The molecule has 0 atom stereocenters. The Labute approximate surface area is 80.6 Å². The predicted molar refractivity (Wildman–Crippen MR) is 52.9 cm³/mol. The molecule has 4 nitrogen and oxygen atoms in total. The molecule has 0 spiro atoms. The van der Waals surface area contributed by atoms with E-state index in [-0.39, 0.29) is 13.5 Å². The molecular weight excluding hydrogens is 199 g/mol. The van der Waals surface area contributed by atoms with Crippen LogP contribution in [0.15, 0.2) is 0 Å². The molecule has 0 heterocycles. The van der Waals surface area contributed by atoms with Gasteiger partial charge in [-0.25, -0.2) is 4.57 Å². The normalized spacial score (nSPS) is 10.9. The maximum atomic E-state index is 11.3. The lowest BCUT2D eigenvalue weighted by Crippen LogP contribution is -1.99. The third-order valence-corrected chi connectivity index (χ3v) is 2.58. The van der Waals surface area contributed by atoms with Gasteiger partial charge in [-0.3, -0.25) is 13.6 Å². The van der Waals surface area contributed by atoms with Gasteiger partial charge in [-0.05, 0) is 20.8 Å². The first-order valence-corrected chi connectivity index (χ1v) is 5.18. The Morgan fingerprint density at radius 2 is 1.17 bits per heavy atom. The summed E-state index contributed by atoms with van der Waals surface area (Å²) in [6.07, 6.45) is 0. The summed E-state index contributed by atoms with van der Waals surface area (Å²) in [6.45, 7) is 6.21. The third-order valence-electron chi connectivity index (χ3n) is 0.862. The van der Waals surface area contributed by atoms with Crippen LogP contribution in [0.5, 0.6) is 0 Å². The molecule has 0 saturated heterocycles. The van der Waals surface area contributed by atoms with E-state index in [1.165, 1.54) is 0 Å². The summed E-state index contributed by atoms with van der Waals surface area (Å²) in [5.74, 6) is 0. The minimum Gasteiger partial charge on any atom is -0.287 e. The second-order valence-electron chi connectivity index (χ2n) is 1.70. The molecule has 0 aliphatic rings. The minimum atomic E-state index is -3.22. The third kappa shape index (κ3) is 6.03. The van der Waals surface area contributed by atoms with Crippen LogP contribution in [0.25, 0.3) is 0 Å². The zero-order valence-corrected chi connectivity index (χ0v) is 9.60. The molecule has 12 heavy (non-hydrogen) atoms. The summed E-state index contributed by atoms with van der Waals surface area (Å²) in [4.78, 5) is 0. The van der Waals surface area contributed by atoms with Gasteiger partial charge in [-0.15, -0.1) is 0 Å². The Morgan fingerprint density at radius 1 is 0.917 bits per heavy atom. The van der Waals surface area contributed by atoms with Crippen molar-refractivity contribution in [1.29, 1.82) is 0 Å². The molecule has 0 bridgehead atoms. The first kappa shape index (κ1) is 15.0. The fourth-order valence-corrected chi connectivity index (χ4v) is 1.76. The SMILES string of the molecule is CCOP(=O)(OCC)OCC.S. The van der Waals surface area contributed by atoms with Crippen LogP contribution in [0.2, 0.25) is 0 Å². The van der Waals surface area contributed by atoms with E-state index >= 15 is 0 Å². The van der Waals surface area contributed by atoms with E-state index in [0.717, 1.165) is 0 Å². The average Bonchev–Trinajstić information content (AvgIpc) is 1.88. The number of rotatable bonds is 6. The van der Waals surface area contributed by atoms with Crippen LogP contribution in [0.1, 0.15) is 20.8 Å². The molecule has 0 N–H and O–H groups in total. The highest BCUT2D eigenvalue weighted by molar-refractivity contribution is 7.59. The molecule has 0 aliphatic carbocycles. The molecule has 0 rings (SSSR count). The topological polar surface area (TPSA) is 44.8 Å². The highest BCUT2D eigenvalue weighted by Crippen LogP contribution is 2.48. The fourth-order valence-electron chi connectivity index (χ4n) is 0.586. The molecule has 0 aromatic rings. The van der Waals surface area contributed by atoms with Gasteiger partial charge < -0.3 is 0 Å². The summed E-state index contributed by atoms with van der Waals surface area (Å²) in [5, 5.41) is 0. The molecule has 0 unspecified atom stereocenters. The Morgan fingerprint density at radius 3 is 1.33 bits per heavy atom. The summed E-state index contributed by atoms with van der Waals surface area (Å²) in [6, 6.07) is 0. The second kappa shape index (κ2) is 8.08. The van der Waals surface area contributed by atoms with E-state index < -0.39 is 7.82 Å². The van der Waals surface area contributed by atoms with Gasteiger partial charge in [-0.1, -0.05) is 0 Å². The second-order valence-corrected chi connectivity index (χ2v) is 3.37. The van der Waals surface area contributed by atoms with Crippen molar-refractivity contribution >= 4 is 21.3 Å². The van der Waals surface area contributed by atoms with Gasteiger partial charge in [0.2, 0.25) is 0 Å². The van der Waals surface area contributed by atoms with E-state index in [9.17, 15) is 4.57 Å². The average molecular weight is 216 g/mol. The summed E-state index contributed by atoms with van der Waals surface area (Å²) in [7, 11) is -3.22. The van der Waals surface area contributed by atoms with Crippen LogP contribution in [-0.2, 0) is 18.1 Å². The number of hydrogen-bond acceptors (Lipinski definition) is 4. The van der Waals surface area contributed by atoms with Crippen LogP contribution in [0.4, 0.5) is 0 Å². The van der Waals surface area contributed by atoms with Crippen LogP contribution < -0.4 is 0 Å². The van der Waals surface area contributed by atoms with Gasteiger partial charge in [-0.2, -0.15) is 13.5 Å². The maximum absolute atomic E-state index is 11.3. The van der Waals surface area contributed by atoms with E-state index in [4.69, 9.17) is 13.6 Å². The number of phosphoric acid groups is 1. The number of hydrogen-bond donors (Lipinski definition) is 0. The predicted octanol–water partition coefficient (Wildman–Crippen LogP) is 2.32. The van der Waals surface area contributed by atoms with Crippen molar-refractivity contribution in [2.24, 2.45) is 0 Å². The van der Waals surface area contributed by atoms with Gasteiger partial charge in [0, 0.05) is 0 Å². The quantitative estimate of drug-likeness (QED) is 0.639. The van der Waals surface area contributed by atoms with E-state index in [1.54, 1.807) is 20.8 Å². The molecule has 0 aromatic carbocycles. The van der Waals surface area contributed by atoms with E-state index in [1.807, 2.05) is 0 Å². The van der Waals surface area contributed by atoms with E-state index in [2.05, 4.69) is 0 Å². The van der Waals surface area contributed by atoms with Gasteiger partial charge in [0.15, 0.2) is 0 Å². The molecular formula is C6H17O4PS. The van der Waals surface area contributed by atoms with Crippen LogP contribution in [0.3, 0.4) is 0 Å². The Hall–Kier alpha value is 0.460. The summed E-state index contributed by atoms with van der Waals surface area (Å²) < 4.78 is 25.8. The standard InChI is InChI=1S/C6H15O4P.H2S/c1-4-8-11(7,9-5-2)10-6-3;/h4-6H2,1-3H3;1H2. The van der Waals surface area contributed by atoms with Crippen molar-refractivity contribution < 1.29 is 18.1 Å². The molecule has 0 fully saturated rings. The van der Waals surface area contributed by atoms with E-state index in [0.29, 0.717) is 19.8 Å². The minimum absolute atomic E-state index is 0. The zero-order chi connectivity index (χ0) is 8.74. The van der Waals surface area contributed by atoms with Gasteiger partial charge >= 0.3 is 7.82 Å². The first-order valence-electron chi connectivity index (χ1n) is 3.72. The van der Waals surface area contributed by atoms with Gasteiger partial charge in [0.1, 0.15) is 0 Å². The smallest absolute Gasteiger partial charge is 0.287 e. The summed E-state index contributed by atoms with van der Waals surface area (Å²) >= 11 is 0. The van der Waals surface area contributed by atoms with Crippen molar-refractivity contribution in [1.82, 2.24) is 0 Å².